The number of ether oxygens (including phenoxy) is 1. The number of rotatable bonds is 8. The van der Waals surface area contributed by atoms with Crippen LogP contribution >= 0.6 is 0 Å². The van der Waals surface area contributed by atoms with Crippen molar-refractivity contribution >= 4 is 11.8 Å². The Balaban J connectivity index is 1.39. The highest BCUT2D eigenvalue weighted by molar-refractivity contribution is 5.92. The third-order valence-electron chi connectivity index (χ3n) is 6.76. The molecule has 0 saturated carbocycles. The summed E-state index contributed by atoms with van der Waals surface area (Å²) in [5, 5.41) is 0. The molecule has 2 aromatic heterocycles. The van der Waals surface area contributed by atoms with Crippen LogP contribution in [0.15, 0.2) is 87.9 Å². The first kappa shape index (κ1) is 24.4. The topological polar surface area (TPSA) is 76.1 Å². The molecule has 1 aliphatic heterocycles. The Bertz CT molecular complexity index is 1360. The number of hydrogen-bond acceptors (Lipinski definition) is 5. The van der Waals surface area contributed by atoms with Gasteiger partial charge in [0.2, 0.25) is 0 Å². The van der Waals surface area contributed by atoms with Crippen LogP contribution in [-0.4, -0.2) is 41.2 Å². The van der Waals surface area contributed by atoms with E-state index in [2.05, 4.69) is 6.07 Å². The van der Waals surface area contributed by atoms with Gasteiger partial charge in [0, 0.05) is 19.6 Å². The average molecular weight is 499 g/mol. The van der Waals surface area contributed by atoms with Crippen molar-refractivity contribution in [1.82, 2.24) is 9.80 Å². The van der Waals surface area contributed by atoms with E-state index in [1.165, 1.54) is 11.8 Å². The number of hydrogen-bond donors (Lipinski definition) is 0. The van der Waals surface area contributed by atoms with Crippen molar-refractivity contribution in [2.75, 3.05) is 19.6 Å². The van der Waals surface area contributed by atoms with Crippen LogP contribution in [0.2, 0.25) is 0 Å². The maximum Gasteiger partial charge on any atom is 0.290 e. The molecule has 37 heavy (non-hydrogen) atoms. The van der Waals surface area contributed by atoms with Gasteiger partial charge in [0.1, 0.15) is 18.1 Å². The molecule has 0 fully saturated rings. The molecular weight excluding hydrogens is 468 g/mol. The summed E-state index contributed by atoms with van der Waals surface area (Å²) in [6.45, 7) is 5.91. The molecule has 7 heteroatoms. The summed E-state index contributed by atoms with van der Waals surface area (Å²) in [7, 11) is 0. The van der Waals surface area contributed by atoms with Crippen LogP contribution < -0.4 is 4.74 Å². The Morgan fingerprint density at radius 3 is 2.51 bits per heavy atom. The number of amides is 2. The standard InChI is InChI=1S/C30H30N2O5/c1-3-31(4-2)29(33)27-15-14-24(37-27)20-36-23-13-12-21-16-17-32(30(34)26-11-8-18-35-26)28(25(21)19-23)22-9-6-5-7-10-22/h5-15,18-19,28H,3-4,16-17,20H2,1-2H3. The van der Waals surface area contributed by atoms with E-state index in [1.807, 2.05) is 61.2 Å². The van der Waals surface area contributed by atoms with Crippen LogP contribution in [0, 0.1) is 0 Å². The Hall–Kier alpha value is -4.26. The molecule has 2 amide bonds. The van der Waals surface area contributed by atoms with Crippen LogP contribution in [0.4, 0.5) is 0 Å². The van der Waals surface area contributed by atoms with E-state index < -0.39 is 0 Å². The van der Waals surface area contributed by atoms with Crippen molar-refractivity contribution in [3.05, 3.63) is 113 Å². The number of carbonyl (C=O) groups is 2. The van der Waals surface area contributed by atoms with E-state index in [1.54, 1.807) is 29.2 Å². The zero-order valence-corrected chi connectivity index (χ0v) is 21.1. The first-order valence-electron chi connectivity index (χ1n) is 12.6. The van der Waals surface area contributed by atoms with Gasteiger partial charge >= 0.3 is 0 Å². The lowest BCUT2D eigenvalue weighted by Crippen LogP contribution is -2.40. The minimum Gasteiger partial charge on any atom is -0.486 e. The van der Waals surface area contributed by atoms with E-state index in [0.717, 1.165) is 17.5 Å². The number of nitrogens with zero attached hydrogens (tertiary/aromatic N) is 2. The zero-order chi connectivity index (χ0) is 25.8. The number of furan rings is 2. The molecule has 2 aromatic carbocycles. The van der Waals surface area contributed by atoms with Crippen LogP contribution in [0.1, 0.15) is 63.4 Å². The third kappa shape index (κ3) is 5.03. The minimum atomic E-state index is -0.270. The summed E-state index contributed by atoms with van der Waals surface area (Å²) < 4.78 is 17.3. The van der Waals surface area contributed by atoms with E-state index in [4.69, 9.17) is 13.6 Å². The van der Waals surface area contributed by atoms with Gasteiger partial charge in [-0.2, -0.15) is 0 Å². The lowest BCUT2D eigenvalue weighted by atomic mass is 9.87. The first-order valence-corrected chi connectivity index (χ1v) is 12.6. The zero-order valence-electron chi connectivity index (χ0n) is 21.1. The average Bonchev–Trinajstić information content (AvgIpc) is 3.65. The Labute approximate surface area is 216 Å². The molecule has 0 N–H and O–H groups in total. The fourth-order valence-corrected chi connectivity index (χ4v) is 4.83. The molecule has 0 aliphatic carbocycles. The van der Waals surface area contributed by atoms with Gasteiger partial charge in [-0.25, -0.2) is 0 Å². The number of benzene rings is 2. The van der Waals surface area contributed by atoms with Gasteiger partial charge in [0.05, 0.1) is 12.3 Å². The van der Waals surface area contributed by atoms with Crippen LogP contribution in [0.3, 0.4) is 0 Å². The molecule has 190 valence electrons. The van der Waals surface area contributed by atoms with E-state index >= 15 is 0 Å². The summed E-state index contributed by atoms with van der Waals surface area (Å²) >= 11 is 0. The molecule has 4 aromatic rings. The molecule has 0 saturated heterocycles. The van der Waals surface area contributed by atoms with Crippen molar-refractivity contribution in [3.8, 4) is 5.75 Å². The summed E-state index contributed by atoms with van der Waals surface area (Å²) in [5.41, 5.74) is 3.22. The normalized spacial score (nSPS) is 14.8. The van der Waals surface area contributed by atoms with Gasteiger partial charge < -0.3 is 23.4 Å². The van der Waals surface area contributed by atoms with Gasteiger partial charge in [-0.3, -0.25) is 9.59 Å². The summed E-state index contributed by atoms with van der Waals surface area (Å²) in [6, 6.07) is 22.6. The fraction of sp³-hybridized carbons (Fsp3) is 0.267. The molecule has 1 unspecified atom stereocenters. The molecule has 0 spiro atoms. The molecule has 1 atom stereocenters. The quantitative estimate of drug-likeness (QED) is 0.311. The van der Waals surface area contributed by atoms with Gasteiger partial charge in [-0.15, -0.1) is 0 Å². The lowest BCUT2D eigenvalue weighted by molar-refractivity contribution is 0.0660. The van der Waals surface area contributed by atoms with Gasteiger partial charge in [-0.1, -0.05) is 36.4 Å². The fourth-order valence-electron chi connectivity index (χ4n) is 4.83. The number of fused-ring (bicyclic) bond motifs is 1. The second kappa shape index (κ2) is 10.8. The van der Waals surface area contributed by atoms with Gasteiger partial charge in [0.15, 0.2) is 11.5 Å². The molecule has 0 bridgehead atoms. The van der Waals surface area contributed by atoms with Gasteiger partial charge in [0.25, 0.3) is 11.8 Å². The molecular formula is C30H30N2O5. The van der Waals surface area contributed by atoms with E-state index in [0.29, 0.717) is 42.7 Å². The summed E-state index contributed by atoms with van der Waals surface area (Å²) in [6.07, 6.45) is 2.25. The largest absolute Gasteiger partial charge is 0.486 e. The Morgan fingerprint density at radius 1 is 0.973 bits per heavy atom. The Kier molecular flexibility index (Phi) is 7.12. The minimum absolute atomic E-state index is 0.128. The second-order valence-electron chi connectivity index (χ2n) is 8.93. The van der Waals surface area contributed by atoms with Crippen molar-refractivity contribution < 1.29 is 23.2 Å². The summed E-state index contributed by atoms with van der Waals surface area (Å²) in [4.78, 5) is 29.5. The SMILES string of the molecule is CCN(CC)C(=O)c1ccc(COc2ccc3c(c2)C(c2ccccc2)N(C(=O)c2ccco2)CC3)o1. The van der Waals surface area contributed by atoms with Crippen molar-refractivity contribution in [3.63, 3.8) is 0 Å². The third-order valence-corrected chi connectivity index (χ3v) is 6.76. The van der Waals surface area contributed by atoms with Crippen molar-refractivity contribution in [1.29, 1.82) is 0 Å². The molecule has 5 rings (SSSR count). The maximum absolute atomic E-state index is 13.4. The van der Waals surface area contributed by atoms with Crippen LogP contribution in [-0.2, 0) is 13.0 Å². The highest BCUT2D eigenvalue weighted by atomic mass is 16.5. The van der Waals surface area contributed by atoms with Crippen LogP contribution in [0.5, 0.6) is 5.75 Å². The lowest BCUT2D eigenvalue weighted by Gasteiger charge is -2.37. The highest BCUT2D eigenvalue weighted by Crippen LogP contribution is 2.38. The highest BCUT2D eigenvalue weighted by Gasteiger charge is 2.34. The monoisotopic (exact) mass is 498 g/mol. The predicted molar refractivity (Wildman–Crippen MR) is 138 cm³/mol. The summed E-state index contributed by atoms with van der Waals surface area (Å²) in [5.74, 6) is 1.60. The first-order chi connectivity index (χ1) is 18.1. The second-order valence-corrected chi connectivity index (χ2v) is 8.93. The van der Waals surface area contributed by atoms with E-state index in [-0.39, 0.29) is 24.5 Å². The maximum atomic E-state index is 13.4. The Morgan fingerprint density at radius 2 is 1.78 bits per heavy atom. The van der Waals surface area contributed by atoms with Crippen molar-refractivity contribution in [2.45, 2.75) is 32.9 Å². The van der Waals surface area contributed by atoms with E-state index in [9.17, 15) is 9.59 Å². The van der Waals surface area contributed by atoms with Crippen molar-refractivity contribution in [2.24, 2.45) is 0 Å². The molecule has 0 radical (unpaired) electrons. The molecule has 7 nitrogen and oxygen atoms in total. The molecule has 1 aliphatic rings. The number of carbonyl (C=O) groups excluding carboxylic acids is 2. The molecule has 3 heterocycles. The smallest absolute Gasteiger partial charge is 0.290 e. The van der Waals surface area contributed by atoms with Crippen LogP contribution in [0.25, 0.3) is 0 Å². The predicted octanol–water partition coefficient (Wildman–Crippen LogP) is 5.72. The van der Waals surface area contributed by atoms with Gasteiger partial charge in [-0.05, 0) is 73.4 Å².